The fraction of sp³-hybridized carbons (Fsp3) is 0.462. The van der Waals surface area contributed by atoms with Crippen LogP contribution in [0, 0.1) is 5.82 Å². The van der Waals surface area contributed by atoms with Gasteiger partial charge in [-0.2, -0.15) is 13.2 Å². The molecule has 0 spiro atoms. The minimum atomic E-state index is -4.21. The van der Waals surface area contributed by atoms with E-state index in [0.717, 1.165) is 0 Å². The Hall–Kier alpha value is -1.50. The summed E-state index contributed by atoms with van der Waals surface area (Å²) in [4.78, 5) is 4.14. The molecule has 0 aliphatic carbocycles. The Bertz CT molecular complexity index is 639. The van der Waals surface area contributed by atoms with Crippen LogP contribution in [0.3, 0.4) is 0 Å². The summed E-state index contributed by atoms with van der Waals surface area (Å²) < 4.78 is 56.8. The van der Waals surface area contributed by atoms with E-state index in [4.69, 9.17) is 16.3 Å². The number of aromatic nitrogens is 2. The fourth-order valence-corrected chi connectivity index (χ4v) is 2.33. The summed E-state index contributed by atoms with van der Waals surface area (Å²) in [5.74, 6) is -0.127. The third-order valence-electron chi connectivity index (χ3n) is 3.06. The van der Waals surface area contributed by atoms with Crippen LogP contribution in [-0.4, -0.2) is 22.8 Å². The van der Waals surface area contributed by atoms with Crippen LogP contribution < -0.4 is 4.74 Å². The minimum absolute atomic E-state index is 0.0144. The molecule has 2 rings (SSSR count). The highest BCUT2D eigenvalue weighted by molar-refractivity contribution is 6.16. The van der Waals surface area contributed by atoms with Gasteiger partial charge in [-0.1, -0.05) is 0 Å². The molecule has 0 unspecified atom stereocenters. The molecule has 0 saturated carbocycles. The summed E-state index contributed by atoms with van der Waals surface area (Å²) in [6, 6.07) is 2.60. The lowest BCUT2D eigenvalue weighted by Gasteiger charge is -2.10. The van der Waals surface area contributed by atoms with Crippen molar-refractivity contribution in [3.8, 4) is 5.75 Å². The standard InChI is InChI=1S/C13H13ClF4N2O/c1-21-11-6-10-9(5-8(11)15)19-12(7-14)20(10)4-2-3-13(16,17)18/h5-6H,2-4,7H2,1H3. The molecule has 0 amide bonds. The predicted octanol–water partition coefficient (Wildman–Crippen LogP) is 4.27. The van der Waals surface area contributed by atoms with Gasteiger partial charge in [0.05, 0.1) is 24.0 Å². The van der Waals surface area contributed by atoms with Crippen molar-refractivity contribution in [2.24, 2.45) is 0 Å². The first-order chi connectivity index (χ1) is 9.85. The molecule has 0 aliphatic rings. The molecule has 0 N–H and O–H groups in total. The number of hydrogen-bond donors (Lipinski definition) is 0. The van der Waals surface area contributed by atoms with Crippen molar-refractivity contribution < 1.29 is 22.3 Å². The van der Waals surface area contributed by atoms with Crippen LogP contribution in [0.1, 0.15) is 18.7 Å². The van der Waals surface area contributed by atoms with Gasteiger partial charge in [0, 0.05) is 25.1 Å². The highest BCUT2D eigenvalue weighted by Gasteiger charge is 2.26. The van der Waals surface area contributed by atoms with E-state index in [1.54, 1.807) is 4.57 Å². The Morgan fingerprint density at radius 1 is 1.33 bits per heavy atom. The van der Waals surface area contributed by atoms with Gasteiger partial charge in [-0.05, 0) is 6.42 Å². The van der Waals surface area contributed by atoms with Gasteiger partial charge in [-0.15, -0.1) is 11.6 Å². The van der Waals surface area contributed by atoms with Crippen LogP contribution in [0.25, 0.3) is 11.0 Å². The summed E-state index contributed by atoms with van der Waals surface area (Å²) in [5.41, 5.74) is 0.849. The first kappa shape index (κ1) is 15.9. The van der Waals surface area contributed by atoms with Gasteiger partial charge < -0.3 is 9.30 Å². The van der Waals surface area contributed by atoms with Gasteiger partial charge in [0.1, 0.15) is 5.82 Å². The third-order valence-corrected chi connectivity index (χ3v) is 3.30. The van der Waals surface area contributed by atoms with E-state index in [-0.39, 0.29) is 24.6 Å². The van der Waals surface area contributed by atoms with Crippen molar-refractivity contribution in [3.05, 3.63) is 23.8 Å². The van der Waals surface area contributed by atoms with Crippen molar-refractivity contribution in [1.29, 1.82) is 0 Å². The first-order valence-corrected chi connectivity index (χ1v) is 6.74. The van der Waals surface area contributed by atoms with Crippen molar-refractivity contribution in [2.75, 3.05) is 7.11 Å². The number of halogens is 5. The second-order valence-electron chi connectivity index (χ2n) is 4.51. The molecule has 0 saturated heterocycles. The summed E-state index contributed by atoms with van der Waals surface area (Å²) in [6.45, 7) is 0.104. The highest BCUT2D eigenvalue weighted by Crippen LogP contribution is 2.27. The van der Waals surface area contributed by atoms with Crippen molar-refractivity contribution >= 4 is 22.6 Å². The molecular formula is C13H13ClF4N2O. The van der Waals surface area contributed by atoms with Gasteiger partial charge in [-0.25, -0.2) is 9.37 Å². The zero-order valence-corrected chi connectivity index (χ0v) is 11.9. The van der Waals surface area contributed by atoms with Crippen LogP contribution >= 0.6 is 11.6 Å². The Balaban J connectivity index is 2.35. The smallest absolute Gasteiger partial charge is 0.389 e. The Kier molecular flexibility index (Phi) is 4.61. The lowest BCUT2D eigenvalue weighted by Crippen LogP contribution is -2.10. The van der Waals surface area contributed by atoms with Gasteiger partial charge in [-0.3, -0.25) is 0 Å². The number of nitrogens with zero attached hydrogens (tertiary/aromatic N) is 2. The second kappa shape index (κ2) is 6.09. The number of rotatable bonds is 5. The number of ether oxygens (including phenoxy) is 1. The molecule has 0 bridgehead atoms. The maximum atomic E-state index is 13.6. The average molecular weight is 325 g/mol. The van der Waals surface area contributed by atoms with Crippen LogP contribution in [-0.2, 0) is 12.4 Å². The van der Waals surface area contributed by atoms with Gasteiger partial charge in [0.15, 0.2) is 11.6 Å². The summed E-state index contributed by atoms with van der Waals surface area (Å²) in [7, 11) is 1.32. The fourth-order valence-electron chi connectivity index (χ4n) is 2.12. The van der Waals surface area contributed by atoms with Crippen LogP contribution in [0.15, 0.2) is 12.1 Å². The van der Waals surface area contributed by atoms with E-state index in [9.17, 15) is 17.6 Å². The van der Waals surface area contributed by atoms with Crippen LogP contribution in [0.2, 0.25) is 0 Å². The van der Waals surface area contributed by atoms with E-state index in [0.29, 0.717) is 16.9 Å². The Morgan fingerprint density at radius 3 is 2.62 bits per heavy atom. The number of methoxy groups -OCH3 is 1. The molecular weight excluding hydrogens is 312 g/mol. The molecule has 0 radical (unpaired) electrons. The first-order valence-electron chi connectivity index (χ1n) is 6.21. The Labute approximate surface area is 123 Å². The predicted molar refractivity (Wildman–Crippen MR) is 71.1 cm³/mol. The van der Waals surface area contributed by atoms with Gasteiger partial charge in [0.2, 0.25) is 0 Å². The lowest BCUT2D eigenvalue weighted by molar-refractivity contribution is -0.135. The maximum Gasteiger partial charge on any atom is 0.389 e. The summed E-state index contributed by atoms with van der Waals surface area (Å²) >= 11 is 5.76. The molecule has 1 aromatic heterocycles. The van der Waals surface area contributed by atoms with Gasteiger partial charge >= 0.3 is 6.18 Å². The van der Waals surface area contributed by atoms with E-state index in [2.05, 4.69) is 4.98 Å². The minimum Gasteiger partial charge on any atom is -0.494 e. The van der Waals surface area contributed by atoms with Crippen molar-refractivity contribution in [3.63, 3.8) is 0 Å². The molecule has 3 nitrogen and oxygen atoms in total. The zero-order chi connectivity index (χ0) is 15.6. The number of aryl methyl sites for hydroxylation is 1. The number of hydrogen-bond acceptors (Lipinski definition) is 2. The summed E-state index contributed by atoms with van der Waals surface area (Å²) in [5, 5.41) is 0. The largest absolute Gasteiger partial charge is 0.494 e. The van der Waals surface area contributed by atoms with E-state index >= 15 is 0 Å². The number of imidazole rings is 1. The van der Waals surface area contributed by atoms with Crippen LogP contribution in [0.4, 0.5) is 17.6 Å². The lowest BCUT2D eigenvalue weighted by atomic mass is 10.2. The van der Waals surface area contributed by atoms with Crippen LogP contribution in [0.5, 0.6) is 5.75 Å². The number of benzene rings is 1. The molecule has 0 aliphatic heterocycles. The molecule has 8 heteroatoms. The third kappa shape index (κ3) is 3.58. The zero-order valence-electron chi connectivity index (χ0n) is 11.2. The molecule has 2 aromatic rings. The monoisotopic (exact) mass is 324 g/mol. The molecule has 1 aromatic carbocycles. The number of alkyl halides is 4. The average Bonchev–Trinajstić information content (AvgIpc) is 2.73. The van der Waals surface area contributed by atoms with Crippen molar-refractivity contribution in [1.82, 2.24) is 9.55 Å². The molecule has 116 valence electrons. The summed E-state index contributed by atoms with van der Waals surface area (Å²) in [6.07, 6.45) is -5.20. The SMILES string of the molecule is COc1cc2c(cc1F)nc(CCl)n2CCCC(F)(F)F. The van der Waals surface area contributed by atoms with E-state index < -0.39 is 18.4 Å². The topological polar surface area (TPSA) is 27.1 Å². The molecule has 21 heavy (non-hydrogen) atoms. The Morgan fingerprint density at radius 2 is 2.05 bits per heavy atom. The molecule has 0 fully saturated rings. The molecule has 0 atom stereocenters. The van der Waals surface area contributed by atoms with Crippen molar-refractivity contribution in [2.45, 2.75) is 31.4 Å². The van der Waals surface area contributed by atoms with Gasteiger partial charge in [0.25, 0.3) is 0 Å². The quantitative estimate of drug-likeness (QED) is 0.607. The normalized spacial score (nSPS) is 12.1. The van der Waals surface area contributed by atoms with E-state index in [1.807, 2.05) is 0 Å². The second-order valence-corrected chi connectivity index (χ2v) is 4.77. The molecule has 1 heterocycles. The van der Waals surface area contributed by atoms with E-state index in [1.165, 1.54) is 19.2 Å². The number of fused-ring (bicyclic) bond motifs is 1. The highest BCUT2D eigenvalue weighted by atomic mass is 35.5. The maximum absolute atomic E-state index is 13.6.